The van der Waals surface area contributed by atoms with Crippen LogP contribution in [0.25, 0.3) is 0 Å². The molecule has 2 rings (SSSR count). The second kappa shape index (κ2) is 5.82. The number of rotatable bonds is 2. The van der Waals surface area contributed by atoms with Gasteiger partial charge in [-0.1, -0.05) is 18.9 Å². The number of thiocarbonyl (C=S) groups is 1. The minimum Gasteiger partial charge on any atom is -0.360 e. The van der Waals surface area contributed by atoms with E-state index in [1.807, 2.05) is 12.1 Å². The maximum atomic E-state index is 5.29. The van der Waals surface area contributed by atoms with Crippen molar-refractivity contribution in [3.63, 3.8) is 0 Å². The summed E-state index contributed by atoms with van der Waals surface area (Å²) < 4.78 is 1.21. The van der Waals surface area contributed by atoms with E-state index in [-0.39, 0.29) is 0 Å². The lowest BCUT2D eigenvalue weighted by Gasteiger charge is -2.15. The molecule has 0 radical (unpaired) electrons. The van der Waals surface area contributed by atoms with Crippen LogP contribution in [0.3, 0.4) is 0 Å². The van der Waals surface area contributed by atoms with Gasteiger partial charge >= 0.3 is 0 Å². The summed E-state index contributed by atoms with van der Waals surface area (Å²) in [5.74, 6) is 0. The van der Waals surface area contributed by atoms with Crippen molar-refractivity contribution in [3.05, 3.63) is 27.8 Å². The molecule has 16 heavy (non-hydrogen) atoms. The van der Waals surface area contributed by atoms with Crippen LogP contribution >= 0.6 is 34.8 Å². The molecule has 1 aromatic rings. The minimum absolute atomic E-state index is 0.572. The summed E-state index contributed by atoms with van der Waals surface area (Å²) in [7, 11) is 0. The molecule has 0 heterocycles. The molecule has 1 fully saturated rings. The second-order valence-corrected chi connectivity index (χ2v) is 5.74. The zero-order valence-electron chi connectivity index (χ0n) is 9.00. The number of hydrogen-bond donors (Lipinski definition) is 2. The van der Waals surface area contributed by atoms with Crippen molar-refractivity contribution in [3.8, 4) is 0 Å². The Balaban J connectivity index is 1.86. The van der Waals surface area contributed by atoms with E-state index in [0.29, 0.717) is 6.04 Å². The molecule has 1 aliphatic carbocycles. The van der Waals surface area contributed by atoms with E-state index in [1.54, 1.807) is 0 Å². The highest BCUT2D eigenvalue weighted by Gasteiger charge is 2.15. The fraction of sp³-hybridized carbons (Fsp3) is 0.417. The monoisotopic (exact) mass is 346 g/mol. The van der Waals surface area contributed by atoms with E-state index < -0.39 is 0 Å². The molecular weight excluding hydrogens is 331 g/mol. The van der Waals surface area contributed by atoms with Gasteiger partial charge in [0.1, 0.15) is 0 Å². The quantitative estimate of drug-likeness (QED) is 0.633. The lowest BCUT2D eigenvalue weighted by atomic mass is 10.2. The molecule has 0 atom stereocenters. The van der Waals surface area contributed by atoms with Gasteiger partial charge in [-0.2, -0.15) is 0 Å². The van der Waals surface area contributed by atoms with E-state index in [9.17, 15) is 0 Å². The molecule has 0 aliphatic heterocycles. The van der Waals surface area contributed by atoms with Crippen LogP contribution in [0, 0.1) is 3.57 Å². The third kappa shape index (κ3) is 3.59. The zero-order chi connectivity index (χ0) is 11.4. The van der Waals surface area contributed by atoms with Crippen molar-refractivity contribution in [1.82, 2.24) is 5.32 Å². The summed E-state index contributed by atoms with van der Waals surface area (Å²) in [5, 5.41) is 7.33. The first-order chi connectivity index (χ1) is 7.74. The molecule has 2 nitrogen and oxygen atoms in total. The fourth-order valence-electron chi connectivity index (χ4n) is 1.99. The van der Waals surface area contributed by atoms with Crippen LogP contribution in [0.4, 0.5) is 5.69 Å². The van der Waals surface area contributed by atoms with Gasteiger partial charge in [-0.15, -0.1) is 0 Å². The highest BCUT2D eigenvalue weighted by atomic mass is 127. The second-order valence-electron chi connectivity index (χ2n) is 4.09. The van der Waals surface area contributed by atoms with Crippen LogP contribution in [0.2, 0.25) is 0 Å². The first-order valence-corrected chi connectivity index (χ1v) is 7.06. The largest absolute Gasteiger partial charge is 0.360 e. The molecule has 4 heteroatoms. The lowest BCUT2D eigenvalue weighted by Crippen LogP contribution is -2.35. The molecule has 0 amide bonds. The van der Waals surface area contributed by atoms with Crippen LogP contribution < -0.4 is 10.6 Å². The Bertz CT molecular complexity index is 375. The van der Waals surface area contributed by atoms with E-state index in [4.69, 9.17) is 12.2 Å². The first kappa shape index (κ1) is 12.1. The Morgan fingerprint density at radius 1 is 1.31 bits per heavy atom. The Kier molecular flexibility index (Phi) is 4.40. The molecule has 1 saturated carbocycles. The fourth-order valence-corrected chi connectivity index (χ4v) is 2.82. The Morgan fingerprint density at radius 2 is 2.06 bits per heavy atom. The van der Waals surface area contributed by atoms with Gasteiger partial charge in [0.2, 0.25) is 0 Å². The van der Waals surface area contributed by atoms with Gasteiger partial charge in [0.15, 0.2) is 5.11 Å². The summed E-state index contributed by atoms with van der Waals surface area (Å²) in [4.78, 5) is 0. The molecule has 0 saturated heterocycles. The van der Waals surface area contributed by atoms with Crippen molar-refractivity contribution in [2.75, 3.05) is 5.32 Å². The number of hydrogen-bond acceptors (Lipinski definition) is 1. The number of benzene rings is 1. The van der Waals surface area contributed by atoms with Crippen LogP contribution in [0.15, 0.2) is 24.3 Å². The molecule has 1 aromatic carbocycles. The normalized spacial score (nSPS) is 16.1. The molecular formula is C12H15IN2S. The van der Waals surface area contributed by atoms with Crippen LogP contribution in [0.5, 0.6) is 0 Å². The van der Waals surface area contributed by atoms with Crippen LogP contribution in [-0.2, 0) is 0 Å². The summed E-state index contributed by atoms with van der Waals surface area (Å²) in [6.07, 6.45) is 5.13. The number of halogens is 1. The van der Waals surface area contributed by atoms with Crippen LogP contribution in [0.1, 0.15) is 25.7 Å². The Labute approximate surface area is 115 Å². The van der Waals surface area contributed by atoms with E-state index >= 15 is 0 Å². The lowest BCUT2D eigenvalue weighted by molar-refractivity contribution is 0.634. The van der Waals surface area contributed by atoms with Gasteiger partial charge in [-0.05, 0) is 65.8 Å². The van der Waals surface area contributed by atoms with E-state index in [2.05, 4.69) is 45.4 Å². The van der Waals surface area contributed by atoms with Crippen molar-refractivity contribution in [2.45, 2.75) is 31.7 Å². The number of anilines is 1. The predicted molar refractivity (Wildman–Crippen MR) is 80.8 cm³/mol. The van der Waals surface area contributed by atoms with Crippen molar-refractivity contribution in [1.29, 1.82) is 0 Å². The SMILES string of the molecule is S=C(Nc1cccc(I)c1)NC1CCCC1. The summed E-state index contributed by atoms with van der Waals surface area (Å²) >= 11 is 7.59. The molecule has 86 valence electrons. The van der Waals surface area contributed by atoms with Crippen molar-refractivity contribution < 1.29 is 0 Å². The number of nitrogens with one attached hydrogen (secondary N) is 2. The van der Waals surface area contributed by atoms with Gasteiger partial charge < -0.3 is 10.6 Å². The molecule has 0 unspecified atom stereocenters. The van der Waals surface area contributed by atoms with Gasteiger partial charge in [0.25, 0.3) is 0 Å². The smallest absolute Gasteiger partial charge is 0.170 e. The Hall–Kier alpha value is -0.360. The average Bonchev–Trinajstić information content (AvgIpc) is 2.70. The van der Waals surface area contributed by atoms with E-state index in [0.717, 1.165) is 10.8 Å². The third-order valence-electron chi connectivity index (χ3n) is 2.77. The molecule has 1 aliphatic rings. The van der Waals surface area contributed by atoms with Gasteiger partial charge in [0.05, 0.1) is 0 Å². The van der Waals surface area contributed by atoms with Gasteiger partial charge in [-0.25, -0.2) is 0 Å². The maximum absolute atomic E-state index is 5.29. The summed E-state index contributed by atoms with van der Waals surface area (Å²) in [6, 6.07) is 8.79. The highest BCUT2D eigenvalue weighted by molar-refractivity contribution is 14.1. The van der Waals surface area contributed by atoms with E-state index in [1.165, 1.54) is 29.3 Å². The summed E-state index contributed by atoms with van der Waals surface area (Å²) in [5.41, 5.74) is 1.06. The minimum atomic E-state index is 0.572. The summed E-state index contributed by atoms with van der Waals surface area (Å²) in [6.45, 7) is 0. The Morgan fingerprint density at radius 3 is 2.75 bits per heavy atom. The topological polar surface area (TPSA) is 24.1 Å². The predicted octanol–water partition coefficient (Wildman–Crippen LogP) is 3.52. The van der Waals surface area contributed by atoms with Crippen molar-refractivity contribution >= 4 is 45.6 Å². The maximum Gasteiger partial charge on any atom is 0.170 e. The standard InChI is InChI=1S/C12H15IN2S/c13-9-4-3-7-11(8-9)15-12(16)14-10-5-1-2-6-10/h3-4,7-8,10H,1-2,5-6H2,(H2,14,15,16). The van der Waals surface area contributed by atoms with Crippen LogP contribution in [-0.4, -0.2) is 11.2 Å². The van der Waals surface area contributed by atoms with Gasteiger partial charge in [0, 0.05) is 15.3 Å². The highest BCUT2D eigenvalue weighted by Crippen LogP contribution is 2.18. The van der Waals surface area contributed by atoms with Crippen molar-refractivity contribution in [2.24, 2.45) is 0 Å². The molecule has 2 N–H and O–H groups in total. The zero-order valence-corrected chi connectivity index (χ0v) is 12.0. The molecule has 0 aromatic heterocycles. The molecule has 0 bridgehead atoms. The third-order valence-corrected chi connectivity index (χ3v) is 3.66. The first-order valence-electron chi connectivity index (χ1n) is 5.57. The van der Waals surface area contributed by atoms with Gasteiger partial charge in [-0.3, -0.25) is 0 Å². The average molecular weight is 346 g/mol. The molecule has 0 spiro atoms.